The first-order chi connectivity index (χ1) is 9.38. The molecule has 0 heterocycles. The number of hydrogen-bond donors (Lipinski definition) is 2. The first-order valence-electron chi connectivity index (χ1n) is 6.27. The number of anilines is 1. The number of hydrogen-bond acceptors (Lipinski definition) is 5. The van der Waals surface area contributed by atoms with Crippen molar-refractivity contribution in [3.8, 4) is 0 Å². The number of amides is 1. The standard InChI is InChI=1S/C13H19N3O4/c1-9(17)7-8-15(3)13(18)10-5-4-6-11(14-2)12(10)16(19)20/h4-6,9,14,17H,7-8H2,1-3H3. The summed E-state index contributed by atoms with van der Waals surface area (Å²) in [5.41, 5.74) is 0.101. The minimum Gasteiger partial charge on any atom is -0.393 e. The highest BCUT2D eigenvalue weighted by Crippen LogP contribution is 2.29. The lowest BCUT2D eigenvalue weighted by molar-refractivity contribution is -0.384. The largest absolute Gasteiger partial charge is 0.393 e. The van der Waals surface area contributed by atoms with Gasteiger partial charge in [0.05, 0.1) is 11.0 Å². The van der Waals surface area contributed by atoms with E-state index >= 15 is 0 Å². The van der Waals surface area contributed by atoms with Crippen molar-refractivity contribution >= 4 is 17.3 Å². The average Bonchev–Trinajstić information content (AvgIpc) is 2.42. The minimum atomic E-state index is -0.568. The van der Waals surface area contributed by atoms with Crippen LogP contribution in [0.5, 0.6) is 0 Å². The summed E-state index contributed by atoms with van der Waals surface area (Å²) in [7, 11) is 3.12. The summed E-state index contributed by atoms with van der Waals surface area (Å²) < 4.78 is 0. The normalized spacial score (nSPS) is 11.8. The maximum atomic E-state index is 12.3. The summed E-state index contributed by atoms with van der Waals surface area (Å²) in [5, 5.41) is 23.1. The van der Waals surface area contributed by atoms with E-state index in [2.05, 4.69) is 5.32 Å². The van der Waals surface area contributed by atoms with E-state index in [1.54, 1.807) is 33.2 Å². The van der Waals surface area contributed by atoms with Crippen LogP contribution in [0, 0.1) is 10.1 Å². The molecule has 0 spiro atoms. The van der Waals surface area contributed by atoms with E-state index < -0.39 is 16.9 Å². The maximum Gasteiger partial charge on any atom is 0.305 e. The number of nitrogens with one attached hydrogen (secondary N) is 1. The van der Waals surface area contributed by atoms with Gasteiger partial charge in [-0.2, -0.15) is 0 Å². The lowest BCUT2D eigenvalue weighted by Crippen LogP contribution is -2.30. The topological polar surface area (TPSA) is 95.7 Å². The smallest absolute Gasteiger partial charge is 0.305 e. The third-order valence-electron chi connectivity index (χ3n) is 2.95. The van der Waals surface area contributed by atoms with Crippen LogP contribution in [0.25, 0.3) is 0 Å². The van der Waals surface area contributed by atoms with Crippen molar-refractivity contribution in [1.82, 2.24) is 4.90 Å². The zero-order valence-electron chi connectivity index (χ0n) is 11.8. The molecule has 0 aliphatic rings. The van der Waals surface area contributed by atoms with Crippen LogP contribution in [0.15, 0.2) is 18.2 Å². The summed E-state index contributed by atoms with van der Waals surface area (Å²) >= 11 is 0. The quantitative estimate of drug-likeness (QED) is 0.608. The van der Waals surface area contributed by atoms with Gasteiger partial charge in [0.15, 0.2) is 0 Å². The van der Waals surface area contributed by atoms with Gasteiger partial charge >= 0.3 is 5.69 Å². The van der Waals surface area contributed by atoms with Crippen molar-refractivity contribution < 1.29 is 14.8 Å². The zero-order valence-corrected chi connectivity index (χ0v) is 11.8. The Morgan fingerprint density at radius 3 is 2.70 bits per heavy atom. The van der Waals surface area contributed by atoms with Crippen molar-refractivity contribution in [2.24, 2.45) is 0 Å². The predicted molar refractivity (Wildman–Crippen MR) is 75.9 cm³/mol. The van der Waals surface area contributed by atoms with Gasteiger partial charge in [0.25, 0.3) is 5.91 Å². The molecule has 0 radical (unpaired) electrons. The van der Waals surface area contributed by atoms with Crippen LogP contribution in [-0.2, 0) is 0 Å². The average molecular weight is 281 g/mol. The highest BCUT2D eigenvalue weighted by molar-refractivity contribution is 6.00. The molecule has 1 atom stereocenters. The van der Waals surface area contributed by atoms with Crippen LogP contribution in [-0.4, -0.2) is 47.6 Å². The second-order valence-electron chi connectivity index (χ2n) is 4.57. The number of aliphatic hydroxyl groups is 1. The van der Waals surface area contributed by atoms with E-state index in [0.29, 0.717) is 18.7 Å². The molecule has 0 saturated carbocycles. The first kappa shape index (κ1) is 15.9. The van der Waals surface area contributed by atoms with Gasteiger partial charge in [-0.25, -0.2) is 0 Å². The van der Waals surface area contributed by atoms with Crippen molar-refractivity contribution in [3.05, 3.63) is 33.9 Å². The molecule has 0 bridgehead atoms. The zero-order chi connectivity index (χ0) is 15.3. The Kier molecular flexibility index (Phi) is 5.45. The highest BCUT2D eigenvalue weighted by Gasteiger charge is 2.26. The number of para-hydroxylation sites is 1. The summed E-state index contributed by atoms with van der Waals surface area (Å²) in [6.07, 6.45) is -0.106. The van der Waals surface area contributed by atoms with Crippen LogP contribution >= 0.6 is 0 Å². The molecule has 1 aromatic rings. The second-order valence-corrected chi connectivity index (χ2v) is 4.57. The fourth-order valence-electron chi connectivity index (χ4n) is 1.80. The molecule has 7 heteroatoms. The number of nitro benzene ring substituents is 1. The van der Waals surface area contributed by atoms with Gasteiger partial charge in [0.2, 0.25) is 0 Å². The fraction of sp³-hybridized carbons (Fsp3) is 0.462. The molecule has 20 heavy (non-hydrogen) atoms. The number of rotatable bonds is 6. The molecule has 7 nitrogen and oxygen atoms in total. The predicted octanol–water partition coefficient (Wildman–Crippen LogP) is 1.48. The molecular weight excluding hydrogens is 262 g/mol. The Morgan fingerprint density at radius 2 is 2.20 bits per heavy atom. The molecule has 2 N–H and O–H groups in total. The number of aliphatic hydroxyl groups excluding tert-OH is 1. The van der Waals surface area contributed by atoms with E-state index in [4.69, 9.17) is 0 Å². The van der Waals surface area contributed by atoms with Crippen LogP contribution in [0.4, 0.5) is 11.4 Å². The van der Waals surface area contributed by atoms with Gasteiger partial charge in [-0.3, -0.25) is 14.9 Å². The minimum absolute atomic E-state index is 0.0370. The third-order valence-corrected chi connectivity index (χ3v) is 2.95. The Hall–Kier alpha value is -2.15. The first-order valence-corrected chi connectivity index (χ1v) is 6.27. The Morgan fingerprint density at radius 1 is 1.55 bits per heavy atom. The lowest BCUT2D eigenvalue weighted by atomic mass is 10.1. The molecule has 0 aliphatic heterocycles. The van der Waals surface area contributed by atoms with Crippen LogP contribution in [0.2, 0.25) is 0 Å². The van der Waals surface area contributed by atoms with Gasteiger partial charge < -0.3 is 15.3 Å². The second kappa shape index (κ2) is 6.85. The summed E-state index contributed by atoms with van der Waals surface area (Å²) in [4.78, 5) is 24.2. The molecule has 1 rings (SSSR count). The Bertz CT molecular complexity index is 502. The number of carbonyl (C=O) groups excluding carboxylic acids is 1. The molecule has 1 unspecified atom stereocenters. The SMILES string of the molecule is CNc1cccc(C(=O)N(C)CCC(C)O)c1[N+](=O)[O-]. The van der Waals surface area contributed by atoms with Crippen molar-refractivity contribution in [2.45, 2.75) is 19.4 Å². The van der Waals surface area contributed by atoms with Crippen molar-refractivity contribution in [3.63, 3.8) is 0 Å². The van der Waals surface area contributed by atoms with E-state index in [0.717, 1.165) is 0 Å². The van der Waals surface area contributed by atoms with E-state index in [1.165, 1.54) is 11.0 Å². The Labute approximate surface area is 117 Å². The van der Waals surface area contributed by atoms with Gasteiger partial charge in [0.1, 0.15) is 11.3 Å². The maximum absolute atomic E-state index is 12.3. The van der Waals surface area contributed by atoms with E-state index in [9.17, 15) is 20.0 Å². The summed E-state index contributed by atoms with van der Waals surface area (Å²) in [6, 6.07) is 4.57. The number of nitrogens with zero attached hydrogens (tertiary/aromatic N) is 2. The molecular formula is C13H19N3O4. The van der Waals surface area contributed by atoms with Gasteiger partial charge in [-0.1, -0.05) is 6.07 Å². The number of carbonyl (C=O) groups is 1. The van der Waals surface area contributed by atoms with Crippen LogP contribution in [0.1, 0.15) is 23.7 Å². The van der Waals surface area contributed by atoms with Gasteiger partial charge in [-0.05, 0) is 25.5 Å². The van der Waals surface area contributed by atoms with Crippen molar-refractivity contribution in [1.29, 1.82) is 0 Å². The summed E-state index contributed by atoms with van der Waals surface area (Å²) in [6.45, 7) is 1.96. The Balaban J connectivity index is 3.06. The fourth-order valence-corrected chi connectivity index (χ4v) is 1.80. The molecule has 0 aliphatic carbocycles. The molecule has 0 fully saturated rings. The van der Waals surface area contributed by atoms with E-state index in [1.807, 2.05) is 0 Å². The molecule has 1 aromatic carbocycles. The van der Waals surface area contributed by atoms with Gasteiger partial charge in [0, 0.05) is 20.6 Å². The third kappa shape index (κ3) is 3.67. The summed E-state index contributed by atoms with van der Waals surface area (Å²) in [5.74, 6) is -0.436. The molecule has 0 saturated heterocycles. The monoisotopic (exact) mass is 281 g/mol. The molecule has 1 amide bonds. The van der Waals surface area contributed by atoms with Gasteiger partial charge in [-0.15, -0.1) is 0 Å². The highest BCUT2D eigenvalue weighted by atomic mass is 16.6. The number of nitro groups is 1. The lowest BCUT2D eigenvalue weighted by Gasteiger charge is -2.18. The van der Waals surface area contributed by atoms with E-state index in [-0.39, 0.29) is 11.3 Å². The van der Waals surface area contributed by atoms with Crippen LogP contribution < -0.4 is 5.32 Å². The van der Waals surface area contributed by atoms with Crippen LogP contribution in [0.3, 0.4) is 0 Å². The van der Waals surface area contributed by atoms with Crippen molar-refractivity contribution in [2.75, 3.05) is 26.0 Å². The number of benzene rings is 1. The molecule has 0 aromatic heterocycles. The molecule has 110 valence electrons.